The van der Waals surface area contributed by atoms with Crippen molar-refractivity contribution in [3.05, 3.63) is 96.7 Å². The number of pyridine rings is 1. The van der Waals surface area contributed by atoms with Crippen LogP contribution in [0.25, 0.3) is 11.1 Å². The van der Waals surface area contributed by atoms with Gasteiger partial charge in [0, 0.05) is 16.7 Å². The maximum Gasteiger partial charge on any atom is 0.243 e. The topological polar surface area (TPSA) is 51.4 Å². The van der Waals surface area contributed by atoms with Crippen molar-refractivity contribution >= 4 is 23.1 Å². The van der Waals surface area contributed by atoms with E-state index < -0.39 is 0 Å². The third kappa shape index (κ3) is 4.22. The van der Waals surface area contributed by atoms with Crippen LogP contribution in [0.3, 0.4) is 0 Å². The summed E-state index contributed by atoms with van der Waals surface area (Å²) in [5, 5.41) is 0. The first-order valence-corrected chi connectivity index (χ1v) is 11.9. The molecule has 0 amide bonds. The third-order valence-electron chi connectivity index (χ3n) is 5.74. The van der Waals surface area contributed by atoms with Crippen LogP contribution in [0.1, 0.15) is 26.3 Å². The molecule has 2 heterocycles. The third-order valence-corrected chi connectivity index (χ3v) is 6.77. The highest BCUT2D eigenvalue weighted by atomic mass is 32.2. The zero-order valence-electron chi connectivity index (χ0n) is 19.0. The molecular weight excluding hydrogens is 426 g/mol. The molecule has 0 fully saturated rings. The molecule has 1 aliphatic rings. The number of benzene rings is 3. The van der Waals surface area contributed by atoms with Gasteiger partial charge >= 0.3 is 0 Å². The fourth-order valence-electron chi connectivity index (χ4n) is 4.13. The highest BCUT2D eigenvalue weighted by Gasteiger charge is 2.32. The first kappa shape index (κ1) is 21.6. The van der Waals surface area contributed by atoms with Gasteiger partial charge in [0.2, 0.25) is 5.88 Å². The number of rotatable bonds is 4. The molecule has 1 aliphatic heterocycles. The monoisotopic (exact) mass is 453 g/mol. The number of hydrogen-bond donors (Lipinski definition) is 1. The summed E-state index contributed by atoms with van der Waals surface area (Å²) in [4.78, 5) is 7.84. The number of hydrogen-bond acceptors (Lipinski definition) is 5. The second kappa shape index (κ2) is 8.58. The fourth-order valence-corrected chi connectivity index (χ4v) is 5.20. The fraction of sp³-hybridized carbons (Fsp3) is 0.179. The van der Waals surface area contributed by atoms with Crippen molar-refractivity contribution in [2.75, 3.05) is 4.90 Å². The number of para-hydroxylation sites is 1. The Hall–Kier alpha value is -3.28. The Morgan fingerprint density at radius 1 is 0.848 bits per heavy atom. The molecule has 5 heteroatoms. The molecule has 2 N–H and O–H groups in total. The lowest BCUT2D eigenvalue weighted by Gasteiger charge is -2.26. The minimum absolute atomic E-state index is 0.0497. The minimum Gasteiger partial charge on any atom is -0.437 e. The molecule has 3 aromatic carbocycles. The van der Waals surface area contributed by atoms with E-state index in [1.807, 2.05) is 36.4 Å². The standard InChI is InChI=1S/C28H27N3OS/c1-28(2,3)21-12-7-8-14-24(21)32-26-23(13-9-17-30-26)31-22-16-15-20(18-25(22)33-27(31)29)19-10-5-4-6-11-19/h4-18,27H,29H2,1-3H3. The number of fused-ring (bicyclic) bond motifs is 1. The molecule has 1 unspecified atom stereocenters. The highest BCUT2D eigenvalue weighted by molar-refractivity contribution is 8.00. The van der Waals surface area contributed by atoms with Crippen molar-refractivity contribution in [1.29, 1.82) is 0 Å². The predicted molar refractivity (Wildman–Crippen MR) is 137 cm³/mol. The molecule has 5 rings (SSSR count). The lowest BCUT2D eigenvalue weighted by Crippen LogP contribution is -2.32. The zero-order valence-corrected chi connectivity index (χ0v) is 19.8. The van der Waals surface area contributed by atoms with Gasteiger partial charge in [-0.25, -0.2) is 4.98 Å². The van der Waals surface area contributed by atoms with Gasteiger partial charge < -0.3 is 15.4 Å². The maximum atomic E-state index is 6.62. The molecule has 0 aliphatic carbocycles. The lowest BCUT2D eigenvalue weighted by molar-refractivity contribution is 0.440. The van der Waals surface area contributed by atoms with E-state index in [0.29, 0.717) is 5.88 Å². The molecule has 0 saturated heterocycles. The van der Waals surface area contributed by atoms with E-state index in [1.165, 1.54) is 11.1 Å². The van der Waals surface area contributed by atoms with Crippen molar-refractivity contribution in [2.24, 2.45) is 5.73 Å². The Bertz CT molecular complexity index is 1280. The molecule has 1 atom stereocenters. The molecule has 0 bridgehead atoms. The molecule has 33 heavy (non-hydrogen) atoms. The summed E-state index contributed by atoms with van der Waals surface area (Å²) >= 11 is 1.65. The molecule has 0 saturated carbocycles. The smallest absolute Gasteiger partial charge is 0.243 e. The van der Waals surface area contributed by atoms with Gasteiger partial charge in [0.05, 0.1) is 5.69 Å². The van der Waals surface area contributed by atoms with Crippen LogP contribution >= 0.6 is 11.8 Å². The van der Waals surface area contributed by atoms with Crippen molar-refractivity contribution in [3.8, 4) is 22.8 Å². The van der Waals surface area contributed by atoms with Crippen LogP contribution in [0, 0.1) is 0 Å². The number of aromatic nitrogens is 1. The van der Waals surface area contributed by atoms with Gasteiger partial charge in [-0.2, -0.15) is 0 Å². The van der Waals surface area contributed by atoms with Crippen LogP contribution in [0.5, 0.6) is 11.6 Å². The first-order valence-electron chi connectivity index (χ1n) is 11.1. The normalized spacial score (nSPS) is 15.4. The Morgan fingerprint density at radius 2 is 1.61 bits per heavy atom. The summed E-state index contributed by atoms with van der Waals surface area (Å²) < 4.78 is 6.42. The summed E-state index contributed by atoms with van der Waals surface area (Å²) in [6, 6.07) is 29.0. The molecule has 4 aromatic rings. The van der Waals surface area contributed by atoms with Gasteiger partial charge in [-0.15, -0.1) is 0 Å². The highest BCUT2D eigenvalue weighted by Crippen LogP contribution is 2.49. The van der Waals surface area contributed by atoms with E-state index in [4.69, 9.17) is 10.5 Å². The van der Waals surface area contributed by atoms with Gasteiger partial charge in [-0.1, -0.05) is 87.1 Å². The molecule has 0 spiro atoms. The largest absolute Gasteiger partial charge is 0.437 e. The lowest BCUT2D eigenvalue weighted by atomic mass is 9.86. The number of ether oxygens (including phenoxy) is 1. The van der Waals surface area contributed by atoms with Crippen LogP contribution < -0.4 is 15.4 Å². The number of anilines is 2. The minimum atomic E-state index is -0.268. The molecule has 0 radical (unpaired) electrons. The summed E-state index contributed by atoms with van der Waals surface area (Å²) in [6.45, 7) is 6.55. The number of thioether (sulfide) groups is 1. The summed E-state index contributed by atoms with van der Waals surface area (Å²) in [5.41, 5.74) is 11.7. The summed E-state index contributed by atoms with van der Waals surface area (Å²) in [7, 11) is 0. The van der Waals surface area contributed by atoms with Gasteiger partial charge in [0.1, 0.15) is 16.9 Å². The van der Waals surface area contributed by atoms with Crippen molar-refractivity contribution in [3.63, 3.8) is 0 Å². The summed E-state index contributed by atoms with van der Waals surface area (Å²) in [5.74, 6) is 1.36. The van der Waals surface area contributed by atoms with Crippen LogP contribution in [-0.2, 0) is 5.41 Å². The Balaban J connectivity index is 1.53. The average molecular weight is 454 g/mol. The molecular formula is C28H27N3OS. The van der Waals surface area contributed by atoms with E-state index in [1.54, 1.807) is 18.0 Å². The Kier molecular flexibility index (Phi) is 5.60. The molecule has 166 valence electrons. The number of nitrogens with two attached hydrogens (primary N) is 1. The van der Waals surface area contributed by atoms with E-state index in [9.17, 15) is 0 Å². The van der Waals surface area contributed by atoms with Gasteiger partial charge in [0.25, 0.3) is 0 Å². The van der Waals surface area contributed by atoms with Crippen molar-refractivity contribution < 1.29 is 4.74 Å². The molecule has 1 aromatic heterocycles. The zero-order chi connectivity index (χ0) is 23.0. The van der Waals surface area contributed by atoms with E-state index in [2.05, 4.69) is 79.2 Å². The van der Waals surface area contributed by atoms with Gasteiger partial charge in [0.15, 0.2) is 0 Å². The second-order valence-corrected chi connectivity index (χ2v) is 10.3. The van der Waals surface area contributed by atoms with E-state index in [-0.39, 0.29) is 10.9 Å². The van der Waals surface area contributed by atoms with Gasteiger partial charge in [-0.3, -0.25) is 0 Å². The number of nitrogens with zero attached hydrogens (tertiary/aromatic N) is 2. The quantitative estimate of drug-likeness (QED) is 0.351. The second-order valence-electron chi connectivity index (χ2n) is 9.10. The Labute approximate surface area is 199 Å². The Morgan fingerprint density at radius 3 is 2.39 bits per heavy atom. The SMILES string of the molecule is CC(C)(C)c1ccccc1Oc1ncccc1N1c2ccc(-c3ccccc3)cc2SC1N. The van der Waals surface area contributed by atoms with Gasteiger partial charge in [-0.05, 0) is 46.9 Å². The van der Waals surface area contributed by atoms with Crippen molar-refractivity contribution in [2.45, 2.75) is 36.6 Å². The van der Waals surface area contributed by atoms with Crippen LogP contribution in [0.2, 0.25) is 0 Å². The predicted octanol–water partition coefficient (Wildman–Crippen LogP) is 7.32. The van der Waals surface area contributed by atoms with Crippen molar-refractivity contribution in [1.82, 2.24) is 4.98 Å². The maximum absolute atomic E-state index is 6.62. The van der Waals surface area contributed by atoms with E-state index in [0.717, 1.165) is 27.6 Å². The van der Waals surface area contributed by atoms with Crippen LogP contribution in [0.15, 0.2) is 96.0 Å². The average Bonchev–Trinajstić information content (AvgIpc) is 3.14. The summed E-state index contributed by atoms with van der Waals surface area (Å²) in [6.07, 6.45) is 1.76. The van der Waals surface area contributed by atoms with Crippen LogP contribution in [-0.4, -0.2) is 10.5 Å². The first-order chi connectivity index (χ1) is 15.9. The molecule has 4 nitrogen and oxygen atoms in total. The van der Waals surface area contributed by atoms with E-state index >= 15 is 0 Å². The van der Waals surface area contributed by atoms with Crippen LogP contribution in [0.4, 0.5) is 11.4 Å².